The number of phosphoric ester groups is 1. The number of rotatable bonds is 36. The number of quaternary nitrogens is 1. The SMILES string of the molecule is CC/C=C\C/C=C\C/C=C\C/C=C\CCCCCCCCCOCC(COP(=O)([O-])OCC[N+](C)(C)C)OC(=O)CCCCCCCCCC. The zero-order chi connectivity index (χ0) is 37.0. The molecule has 2 atom stereocenters. The molecule has 50 heavy (non-hydrogen) atoms. The van der Waals surface area contributed by atoms with Gasteiger partial charge in [-0.15, -0.1) is 0 Å². The number of carbonyl (C=O) groups excluding carboxylic acids is 1. The van der Waals surface area contributed by atoms with Crippen molar-refractivity contribution >= 4 is 13.8 Å². The molecule has 0 fully saturated rings. The van der Waals surface area contributed by atoms with Gasteiger partial charge in [-0.1, -0.05) is 140 Å². The molecular formula is C41H76NO7P. The van der Waals surface area contributed by atoms with Crippen LogP contribution in [0.5, 0.6) is 0 Å². The summed E-state index contributed by atoms with van der Waals surface area (Å²) in [5.74, 6) is -0.346. The molecule has 292 valence electrons. The molecular weight excluding hydrogens is 649 g/mol. The molecule has 2 unspecified atom stereocenters. The van der Waals surface area contributed by atoms with E-state index in [1.807, 2.05) is 21.1 Å². The van der Waals surface area contributed by atoms with E-state index in [0.717, 1.165) is 70.6 Å². The van der Waals surface area contributed by atoms with Gasteiger partial charge < -0.3 is 27.9 Å². The van der Waals surface area contributed by atoms with Gasteiger partial charge in [0.15, 0.2) is 0 Å². The van der Waals surface area contributed by atoms with E-state index in [-0.39, 0.29) is 25.8 Å². The summed E-state index contributed by atoms with van der Waals surface area (Å²) in [6.45, 7) is 5.23. The maximum Gasteiger partial charge on any atom is 0.306 e. The van der Waals surface area contributed by atoms with Gasteiger partial charge in [-0.25, -0.2) is 0 Å². The monoisotopic (exact) mass is 726 g/mol. The summed E-state index contributed by atoms with van der Waals surface area (Å²) in [6, 6.07) is 0. The largest absolute Gasteiger partial charge is 0.756 e. The number of hydrogen-bond acceptors (Lipinski definition) is 7. The third kappa shape index (κ3) is 37.7. The Hall–Kier alpha value is -1.54. The molecule has 0 spiro atoms. The van der Waals surface area contributed by atoms with Gasteiger partial charge in [-0.3, -0.25) is 9.36 Å². The lowest BCUT2D eigenvalue weighted by Crippen LogP contribution is -2.37. The van der Waals surface area contributed by atoms with Gasteiger partial charge in [-0.05, 0) is 51.4 Å². The summed E-state index contributed by atoms with van der Waals surface area (Å²) in [5, 5.41) is 0. The van der Waals surface area contributed by atoms with Crippen LogP contribution in [0.15, 0.2) is 48.6 Å². The Kier molecular flexibility index (Phi) is 33.5. The fourth-order valence-corrected chi connectivity index (χ4v) is 5.79. The van der Waals surface area contributed by atoms with Gasteiger partial charge in [0.25, 0.3) is 7.82 Å². The number of nitrogens with zero attached hydrogens (tertiary/aromatic N) is 1. The average molecular weight is 726 g/mol. The molecule has 0 aliphatic rings. The summed E-state index contributed by atoms with van der Waals surface area (Å²) in [7, 11) is 1.34. The number of hydrogen-bond donors (Lipinski definition) is 0. The van der Waals surface area contributed by atoms with Gasteiger partial charge in [0.1, 0.15) is 19.3 Å². The Labute approximate surface area is 308 Å². The summed E-state index contributed by atoms with van der Waals surface area (Å²) in [5.41, 5.74) is 0. The molecule has 0 aliphatic heterocycles. The minimum atomic E-state index is -4.52. The van der Waals surface area contributed by atoms with E-state index in [2.05, 4.69) is 62.5 Å². The Bertz CT molecular complexity index is 942. The highest BCUT2D eigenvalue weighted by atomic mass is 31.2. The molecule has 0 aromatic heterocycles. The molecule has 0 aliphatic carbocycles. The number of likely N-dealkylation sites (N-methyl/N-ethyl adjacent to an activating group) is 1. The van der Waals surface area contributed by atoms with Crippen molar-refractivity contribution in [3.05, 3.63) is 48.6 Å². The van der Waals surface area contributed by atoms with Crippen molar-refractivity contribution in [3.8, 4) is 0 Å². The number of unbranched alkanes of at least 4 members (excludes halogenated alkanes) is 14. The third-order valence-electron chi connectivity index (χ3n) is 8.14. The van der Waals surface area contributed by atoms with Crippen LogP contribution >= 0.6 is 7.82 Å². The van der Waals surface area contributed by atoms with Crippen LogP contribution in [0.3, 0.4) is 0 Å². The predicted molar refractivity (Wildman–Crippen MR) is 208 cm³/mol. The topological polar surface area (TPSA) is 94.1 Å². The Morgan fingerprint density at radius 2 is 1.16 bits per heavy atom. The molecule has 0 radical (unpaired) electrons. The highest BCUT2D eigenvalue weighted by molar-refractivity contribution is 7.45. The van der Waals surface area contributed by atoms with Gasteiger partial charge in [0.2, 0.25) is 0 Å². The molecule has 0 saturated carbocycles. The van der Waals surface area contributed by atoms with Crippen LogP contribution in [0.2, 0.25) is 0 Å². The van der Waals surface area contributed by atoms with Crippen molar-refractivity contribution in [1.29, 1.82) is 0 Å². The maximum atomic E-state index is 12.5. The van der Waals surface area contributed by atoms with Crippen molar-refractivity contribution in [1.82, 2.24) is 0 Å². The predicted octanol–water partition coefficient (Wildman–Crippen LogP) is 10.6. The Morgan fingerprint density at radius 1 is 0.640 bits per heavy atom. The Morgan fingerprint density at radius 3 is 1.74 bits per heavy atom. The fraction of sp³-hybridized carbons (Fsp3) is 0.780. The van der Waals surface area contributed by atoms with Crippen LogP contribution in [0, 0.1) is 0 Å². The van der Waals surface area contributed by atoms with Gasteiger partial charge >= 0.3 is 5.97 Å². The Balaban J connectivity index is 4.19. The van der Waals surface area contributed by atoms with Crippen molar-refractivity contribution in [2.24, 2.45) is 0 Å². The summed E-state index contributed by atoms with van der Waals surface area (Å²) in [6.07, 6.45) is 39.9. The normalized spacial score (nSPS) is 14.4. The second kappa shape index (κ2) is 34.5. The molecule has 0 amide bonds. The minimum absolute atomic E-state index is 0.0228. The van der Waals surface area contributed by atoms with Crippen LogP contribution in [0.4, 0.5) is 0 Å². The fourth-order valence-electron chi connectivity index (χ4n) is 5.06. The van der Waals surface area contributed by atoms with Gasteiger partial charge in [0, 0.05) is 13.0 Å². The maximum absolute atomic E-state index is 12.5. The summed E-state index contributed by atoms with van der Waals surface area (Å²) < 4.78 is 34.4. The van der Waals surface area contributed by atoms with Gasteiger partial charge in [0.05, 0.1) is 34.4 Å². The first-order chi connectivity index (χ1) is 24.1. The molecule has 8 nitrogen and oxygen atoms in total. The number of esters is 1. The van der Waals surface area contributed by atoms with Crippen molar-refractivity contribution < 1.29 is 37.3 Å². The third-order valence-corrected chi connectivity index (χ3v) is 9.11. The van der Waals surface area contributed by atoms with E-state index in [9.17, 15) is 14.3 Å². The second-order valence-electron chi connectivity index (χ2n) is 14.3. The minimum Gasteiger partial charge on any atom is -0.756 e. The van der Waals surface area contributed by atoms with Crippen LogP contribution in [-0.2, 0) is 27.9 Å². The average Bonchev–Trinajstić information content (AvgIpc) is 3.06. The number of carbonyl (C=O) groups is 1. The zero-order valence-corrected chi connectivity index (χ0v) is 33.7. The van der Waals surface area contributed by atoms with E-state index in [1.165, 1.54) is 57.8 Å². The smallest absolute Gasteiger partial charge is 0.306 e. The lowest BCUT2D eigenvalue weighted by Gasteiger charge is -2.28. The lowest BCUT2D eigenvalue weighted by atomic mass is 10.1. The number of phosphoric acid groups is 1. The van der Waals surface area contributed by atoms with Crippen molar-refractivity contribution in [2.75, 3.05) is 54.1 Å². The van der Waals surface area contributed by atoms with E-state index >= 15 is 0 Å². The van der Waals surface area contributed by atoms with E-state index < -0.39 is 13.9 Å². The van der Waals surface area contributed by atoms with Crippen molar-refractivity contribution in [2.45, 2.75) is 155 Å². The van der Waals surface area contributed by atoms with E-state index in [0.29, 0.717) is 24.1 Å². The molecule has 9 heteroatoms. The zero-order valence-electron chi connectivity index (χ0n) is 32.8. The molecule has 0 aromatic rings. The quantitative estimate of drug-likeness (QED) is 0.0209. The molecule has 0 heterocycles. The van der Waals surface area contributed by atoms with Crippen LogP contribution < -0.4 is 4.89 Å². The second-order valence-corrected chi connectivity index (χ2v) is 15.7. The highest BCUT2D eigenvalue weighted by Crippen LogP contribution is 2.38. The molecule has 0 saturated heterocycles. The van der Waals surface area contributed by atoms with Crippen LogP contribution in [0.1, 0.15) is 149 Å². The summed E-state index contributed by atoms with van der Waals surface area (Å²) in [4.78, 5) is 24.8. The first-order valence-electron chi connectivity index (χ1n) is 19.9. The molecule has 0 aromatic carbocycles. The van der Waals surface area contributed by atoms with Crippen LogP contribution in [0.25, 0.3) is 0 Å². The highest BCUT2D eigenvalue weighted by Gasteiger charge is 2.20. The number of ether oxygens (including phenoxy) is 2. The lowest BCUT2D eigenvalue weighted by molar-refractivity contribution is -0.870. The van der Waals surface area contributed by atoms with Crippen LogP contribution in [-0.4, -0.2) is 70.7 Å². The number of allylic oxidation sites excluding steroid dienone is 8. The standard InChI is InChI=1S/C41H76NO7P/c1-6-8-10-12-14-16-17-18-19-20-21-22-23-24-25-26-27-29-31-33-36-46-38-40(39-48-50(44,45)47-37-35-42(3,4)5)49-41(43)34-32-30-28-15-13-11-9-7-2/h8,10,14,16,18-19,21-22,40H,6-7,9,11-13,15,17,20,23-39H2,1-5H3/b10-8-,16-14-,19-18-,22-21-. The summed E-state index contributed by atoms with van der Waals surface area (Å²) >= 11 is 0. The first kappa shape index (κ1) is 48.5. The molecule has 0 rings (SSSR count). The molecule has 0 N–H and O–H groups in total. The van der Waals surface area contributed by atoms with Gasteiger partial charge in [-0.2, -0.15) is 0 Å². The van der Waals surface area contributed by atoms with E-state index in [1.54, 1.807) is 0 Å². The van der Waals surface area contributed by atoms with Crippen molar-refractivity contribution in [3.63, 3.8) is 0 Å². The molecule has 0 bridgehead atoms. The first-order valence-corrected chi connectivity index (χ1v) is 21.3. The van der Waals surface area contributed by atoms with E-state index in [4.69, 9.17) is 18.5 Å².